The summed E-state index contributed by atoms with van der Waals surface area (Å²) in [6.45, 7) is 0.575. The van der Waals surface area contributed by atoms with E-state index in [0.29, 0.717) is 25.9 Å². The number of carbonyl (C=O) groups excluding carboxylic acids is 1. The third-order valence-corrected chi connectivity index (χ3v) is 9.16. The zero-order chi connectivity index (χ0) is 22.7. The van der Waals surface area contributed by atoms with Gasteiger partial charge in [0.15, 0.2) is 0 Å². The lowest BCUT2D eigenvalue weighted by atomic mass is 9.90. The molecule has 0 unspecified atom stereocenters. The lowest BCUT2D eigenvalue weighted by Gasteiger charge is -2.42. The van der Waals surface area contributed by atoms with Crippen LogP contribution in [0.3, 0.4) is 0 Å². The van der Waals surface area contributed by atoms with Crippen molar-refractivity contribution >= 4 is 27.1 Å². The third kappa shape index (κ3) is 3.53. The number of hydrogen-bond acceptors (Lipinski definition) is 4. The quantitative estimate of drug-likeness (QED) is 0.716. The summed E-state index contributed by atoms with van der Waals surface area (Å²) in [5.41, 5.74) is -0.201. The average molecular weight is 472 g/mol. The molecule has 3 aliphatic rings. The molecule has 8 nitrogen and oxygen atoms in total. The molecule has 174 valence electrons. The number of likely N-dealkylation sites (tertiary alicyclic amines) is 1. The van der Waals surface area contributed by atoms with Gasteiger partial charge in [0.1, 0.15) is 16.4 Å². The first-order chi connectivity index (χ1) is 15.1. The number of alkyl halides is 3. The molecule has 2 saturated heterocycles. The number of nitrogens with zero attached hydrogens (tertiary/aromatic N) is 3. The van der Waals surface area contributed by atoms with Crippen molar-refractivity contribution in [2.45, 2.75) is 48.6 Å². The topological polar surface area (TPSA) is 98.4 Å². The molecular weight excluding hydrogens is 447 g/mol. The maximum atomic E-state index is 13.0. The Morgan fingerprint density at radius 1 is 1.22 bits per heavy atom. The SMILES string of the molecule is O=C(NC1(C(F)(F)F)CC1)N1CC(S(=O)(=O)N2CCC(c3c[nH]c4ncccc34)CC2)C1. The van der Waals surface area contributed by atoms with Gasteiger partial charge in [-0.25, -0.2) is 22.5 Å². The zero-order valence-electron chi connectivity index (χ0n) is 17.2. The van der Waals surface area contributed by atoms with Gasteiger partial charge in [-0.05, 0) is 49.3 Å². The molecule has 0 bridgehead atoms. The maximum Gasteiger partial charge on any atom is 0.411 e. The second kappa shape index (κ2) is 7.34. The minimum absolute atomic E-state index is 0.0872. The second-order valence-corrected chi connectivity index (χ2v) is 11.1. The van der Waals surface area contributed by atoms with Crippen LogP contribution in [0.4, 0.5) is 18.0 Å². The van der Waals surface area contributed by atoms with Crippen LogP contribution < -0.4 is 5.32 Å². The highest BCUT2D eigenvalue weighted by Crippen LogP contribution is 2.49. The van der Waals surface area contributed by atoms with Crippen LogP contribution in [-0.4, -0.2) is 76.8 Å². The number of aromatic amines is 1. The van der Waals surface area contributed by atoms with E-state index in [1.54, 1.807) is 6.20 Å². The molecule has 0 radical (unpaired) electrons. The molecule has 1 aliphatic carbocycles. The number of aromatic nitrogens is 2. The van der Waals surface area contributed by atoms with E-state index < -0.39 is 33.0 Å². The van der Waals surface area contributed by atoms with Gasteiger partial charge in [0.05, 0.1) is 0 Å². The summed E-state index contributed by atoms with van der Waals surface area (Å²) in [6, 6.07) is 3.02. The van der Waals surface area contributed by atoms with Gasteiger partial charge in [-0.1, -0.05) is 0 Å². The van der Waals surface area contributed by atoms with Gasteiger partial charge in [-0.2, -0.15) is 13.2 Å². The van der Waals surface area contributed by atoms with Gasteiger partial charge >= 0.3 is 12.2 Å². The normalized spacial score (nSPS) is 22.7. The Labute approximate surface area is 183 Å². The first kappa shape index (κ1) is 21.5. The molecule has 0 spiro atoms. The highest BCUT2D eigenvalue weighted by molar-refractivity contribution is 7.89. The van der Waals surface area contributed by atoms with Gasteiger partial charge in [-0.15, -0.1) is 0 Å². The van der Waals surface area contributed by atoms with Crippen LogP contribution in [0.15, 0.2) is 24.5 Å². The summed E-state index contributed by atoms with van der Waals surface area (Å²) in [5, 5.41) is 2.31. The highest BCUT2D eigenvalue weighted by Gasteiger charge is 2.65. The van der Waals surface area contributed by atoms with Crippen molar-refractivity contribution in [2.75, 3.05) is 26.2 Å². The van der Waals surface area contributed by atoms with Crippen molar-refractivity contribution in [1.29, 1.82) is 0 Å². The molecule has 2 aromatic heterocycles. The lowest BCUT2D eigenvalue weighted by Crippen LogP contribution is -2.64. The van der Waals surface area contributed by atoms with Crippen molar-refractivity contribution in [3.05, 3.63) is 30.1 Å². The van der Waals surface area contributed by atoms with E-state index in [0.717, 1.165) is 21.5 Å². The first-order valence-corrected chi connectivity index (χ1v) is 12.2. The van der Waals surface area contributed by atoms with Crippen LogP contribution in [0.1, 0.15) is 37.2 Å². The molecule has 5 rings (SSSR count). The number of halogens is 3. The van der Waals surface area contributed by atoms with Gasteiger partial charge in [0, 0.05) is 44.0 Å². The number of amides is 2. The minimum Gasteiger partial charge on any atom is -0.346 e. The number of sulfonamides is 1. The molecule has 2 N–H and O–H groups in total. The standard InChI is InChI=1S/C20H24F3N5O3S/c21-20(22,23)19(5-6-19)26-18(29)27-11-14(12-27)32(30,31)28-8-3-13(4-9-28)16-10-25-17-15(16)2-1-7-24-17/h1-2,7,10,13-14H,3-6,8-9,11-12H2,(H,24,25)(H,26,29). The predicted molar refractivity (Wildman–Crippen MR) is 110 cm³/mol. The summed E-state index contributed by atoms with van der Waals surface area (Å²) in [7, 11) is -3.61. The maximum absolute atomic E-state index is 13.0. The summed E-state index contributed by atoms with van der Waals surface area (Å²) in [5.74, 6) is 0.222. The molecular formula is C20H24F3N5O3S. The fourth-order valence-corrected chi connectivity index (χ4v) is 6.51. The largest absolute Gasteiger partial charge is 0.411 e. The van der Waals surface area contributed by atoms with Gasteiger partial charge in [0.2, 0.25) is 10.0 Å². The average Bonchev–Trinajstić information content (AvgIpc) is 3.37. The van der Waals surface area contributed by atoms with Crippen LogP contribution >= 0.6 is 0 Å². The van der Waals surface area contributed by atoms with Crippen molar-refractivity contribution in [2.24, 2.45) is 0 Å². The van der Waals surface area contributed by atoms with Gasteiger partial charge in [-0.3, -0.25) is 0 Å². The Kier molecular flexibility index (Phi) is 4.93. The first-order valence-electron chi connectivity index (χ1n) is 10.7. The molecule has 1 saturated carbocycles. The monoisotopic (exact) mass is 471 g/mol. The van der Waals surface area contributed by atoms with Crippen molar-refractivity contribution in [3.8, 4) is 0 Å². The molecule has 2 aliphatic heterocycles. The molecule has 32 heavy (non-hydrogen) atoms. The molecule has 0 atom stereocenters. The Hall–Kier alpha value is -2.34. The van der Waals surface area contributed by atoms with Gasteiger partial charge in [0.25, 0.3) is 0 Å². The van der Waals surface area contributed by atoms with Crippen molar-refractivity contribution in [3.63, 3.8) is 0 Å². The number of urea groups is 1. The van der Waals surface area contributed by atoms with Crippen LogP contribution in [-0.2, 0) is 10.0 Å². The number of hydrogen-bond donors (Lipinski definition) is 2. The third-order valence-electron chi connectivity index (χ3n) is 6.93. The fourth-order valence-electron chi connectivity index (χ4n) is 4.63. The Morgan fingerprint density at radius 3 is 2.53 bits per heavy atom. The second-order valence-electron chi connectivity index (χ2n) is 8.90. The van der Waals surface area contributed by atoms with E-state index in [1.165, 1.54) is 4.31 Å². The summed E-state index contributed by atoms with van der Waals surface area (Å²) < 4.78 is 66.5. The number of carbonyl (C=O) groups is 1. The Morgan fingerprint density at radius 2 is 1.91 bits per heavy atom. The zero-order valence-corrected chi connectivity index (χ0v) is 18.0. The molecule has 3 fully saturated rings. The minimum atomic E-state index is -4.50. The van der Waals surface area contributed by atoms with E-state index in [-0.39, 0.29) is 31.8 Å². The number of nitrogens with one attached hydrogen (secondary N) is 2. The van der Waals surface area contributed by atoms with Crippen LogP contribution in [0.2, 0.25) is 0 Å². The number of rotatable bonds is 4. The molecule has 4 heterocycles. The van der Waals surface area contributed by atoms with E-state index in [1.807, 2.05) is 23.6 Å². The highest BCUT2D eigenvalue weighted by atomic mass is 32.2. The Balaban J connectivity index is 1.16. The predicted octanol–water partition coefficient (Wildman–Crippen LogP) is 2.56. The van der Waals surface area contributed by atoms with Crippen molar-refractivity contribution < 1.29 is 26.4 Å². The summed E-state index contributed by atoms with van der Waals surface area (Å²) >= 11 is 0. The fraction of sp³-hybridized carbons (Fsp3) is 0.600. The van der Waals surface area contributed by atoms with Crippen molar-refractivity contribution in [1.82, 2.24) is 24.5 Å². The van der Waals surface area contributed by atoms with Crippen LogP contribution in [0, 0.1) is 0 Å². The van der Waals surface area contributed by atoms with E-state index >= 15 is 0 Å². The van der Waals surface area contributed by atoms with Crippen LogP contribution in [0.25, 0.3) is 11.0 Å². The summed E-state index contributed by atoms with van der Waals surface area (Å²) in [4.78, 5) is 20.7. The molecule has 12 heteroatoms. The smallest absolute Gasteiger partial charge is 0.346 e. The molecule has 2 amide bonds. The van der Waals surface area contributed by atoms with E-state index in [4.69, 9.17) is 0 Å². The van der Waals surface area contributed by atoms with E-state index in [2.05, 4.69) is 9.97 Å². The van der Waals surface area contributed by atoms with Crippen LogP contribution in [0.5, 0.6) is 0 Å². The van der Waals surface area contributed by atoms with Gasteiger partial charge < -0.3 is 15.2 Å². The molecule has 0 aromatic carbocycles. The molecule has 2 aromatic rings. The van der Waals surface area contributed by atoms with E-state index in [9.17, 15) is 26.4 Å². The number of fused-ring (bicyclic) bond motifs is 1. The Bertz CT molecular complexity index is 1130. The summed E-state index contributed by atoms with van der Waals surface area (Å²) in [6.07, 6.45) is 0.219. The number of piperidine rings is 1. The lowest BCUT2D eigenvalue weighted by molar-refractivity contribution is -0.163. The number of H-pyrrole nitrogens is 1. The number of pyridine rings is 1.